The van der Waals surface area contributed by atoms with Gasteiger partial charge in [-0.1, -0.05) is 30.0 Å². The lowest BCUT2D eigenvalue weighted by molar-refractivity contribution is 0.322. The Labute approximate surface area is 92.0 Å². The third kappa shape index (κ3) is 2.57. The molecular weight excluding hydrogens is 210 g/mol. The first-order valence-electron chi connectivity index (χ1n) is 4.61. The first-order chi connectivity index (χ1) is 7.40. The number of rotatable bonds is 4. The van der Waals surface area contributed by atoms with Gasteiger partial charge in [0.1, 0.15) is 6.33 Å². The molecule has 0 unspecified atom stereocenters. The van der Waals surface area contributed by atoms with E-state index in [0.717, 1.165) is 5.69 Å². The van der Waals surface area contributed by atoms with Crippen LogP contribution in [0.1, 0.15) is 0 Å². The summed E-state index contributed by atoms with van der Waals surface area (Å²) in [6.45, 7) is 0.143. The molecule has 1 aromatic carbocycles. The number of aromatic nitrogens is 3. The van der Waals surface area contributed by atoms with E-state index in [9.17, 15) is 0 Å². The van der Waals surface area contributed by atoms with Crippen LogP contribution in [0.5, 0.6) is 0 Å². The number of para-hydroxylation sites is 1. The molecule has 0 saturated carbocycles. The minimum Gasteiger partial charge on any atom is -0.396 e. The number of aliphatic hydroxyl groups excluding tert-OH is 1. The lowest BCUT2D eigenvalue weighted by Crippen LogP contribution is -1.94. The molecule has 0 saturated heterocycles. The highest BCUT2D eigenvalue weighted by Gasteiger charge is 2.01. The fourth-order valence-corrected chi connectivity index (χ4v) is 1.70. The first kappa shape index (κ1) is 10.2. The quantitative estimate of drug-likeness (QED) is 0.792. The van der Waals surface area contributed by atoms with Gasteiger partial charge in [0, 0.05) is 5.75 Å². The molecule has 0 bridgehead atoms. The van der Waals surface area contributed by atoms with E-state index in [1.54, 1.807) is 11.0 Å². The van der Waals surface area contributed by atoms with E-state index in [1.807, 2.05) is 30.3 Å². The molecule has 0 aliphatic heterocycles. The van der Waals surface area contributed by atoms with Crippen molar-refractivity contribution in [2.45, 2.75) is 5.16 Å². The van der Waals surface area contributed by atoms with Crippen LogP contribution in [0.25, 0.3) is 5.69 Å². The Morgan fingerprint density at radius 3 is 2.80 bits per heavy atom. The van der Waals surface area contributed by atoms with E-state index in [2.05, 4.69) is 10.1 Å². The molecule has 0 fully saturated rings. The third-order valence-corrected chi connectivity index (χ3v) is 2.65. The van der Waals surface area contributed by atoms with Crippen LogP contribution in [0.2, 0.25) is 0 Å². The highest BCUT2D eigenvalue weighted by Crippen LogP contribution is 2.13. The van der Waals surface area contributed by atoms with E-state index < -0.39 is 0 Å². The Bertz CT molecular complexity index is 416. The maximum Gasteiger partial charge on any atom is 0.208 e. The minimum absolute atomic E-state index is 0.143. The summed E-state index contributed by atoms with van der Waals surface area (Å²) in [4.78, 5) is 4.13. The minimum atomic E-state index is 0.143. The zero-order chi connectivity index (χ0) is 10.5. The third-order valence-electron chi connectivity index (χ3n) is 1.81. The fraction of sp³-hybridized carbons (Fsp3) is 0.200. The lowest BCUT2D eigenvalue weighted by atomic mass is 10.3. The zero-order valence-corrected chi connectivity index (χ0v) is 8.89. The number of benzene rings is 1. The number of aliphatic hydroxyl groups is 1. The van der Waals surface area contributed by atoms with E-state index in [4.69, 9.17) is 5.11 Å². The van der Waals surface area contributed by atoms with Crippen LogP contribution in [0.15, 0.2) is 41.8 Å². The van der Waals surface area contributed by atoms with Crippen molar-refractivity contribution in [3.8, 4) is 5.69 Å². The van der Waals surface area contributed by atoms with Crippen LogP contribution in [-0.2, 0) is 0 Å². The summed E-state index contributed by atoms with van der Waals surface area (Å²) in [5.41, 5.74) is 0.987. The van der Waals surface area contributed by atoms with Gasteiger partial charge < -0.3 is 5.11 Å². The maximum absolute atomic E-state index is 8.67. The van der Waals surface area contributed by atoms with Crippen molar-refractivity contribution >= 4 is 11.8 Å². The predicted octanol–water partition coefficient (Wildman–Crippen LogP) is 1.35. The average Bonchev–Trinajstić information content (AvgIpc) is 2.76. The van der Waals surface area contributed by atoms with Crippen molar-refractivity contribution in [3.63, 3.8) is 0 Å². The molecule has 4 nitrogen and oxygen atoms in total. The first-order valence-corrected chi connectivity index (χ1v) is 5.59. The number of hydrogen-bond donors (Lipinski definition) is 1. The molecule has 5 heteroatoms. The SMILES string of the molecule is OCCSc1ncn(-c2ccccc2)n1. The van der Waals surface area contributed by atoms with Crippen molar-refractivity contribution in [1.29, 1.82) is 0 Å². The van der Waals surface area contributed by atoms with Crippen LogP contribution >= 0.6 is 11.8 Å². The molecule has 1 aromatic heterocycles. The molecule has 1 N–H and O–H groups in total. The van der Waals surface area contributed by atoms with Crippen molar-refractivity contribution in [2.24, 2.45) is 0 Å². The van der Waals surface area contributed by atoms with Crippen LogP contribution in [0, 0.1) is 0 Å². The Balaban J connectivity index is 2.14. The summed E-state index contributed by atoms with van der Waals surface area (Å²) >= 11 is 1.44. The Kier molecular flexibility index (Phi) is 3.37. The standard InChI is InChI=1S/C10H11N3OS/c14-6-7-15-10-11-8-13(12-10)9-4-2-1-3-5-9/h1-5,8,14H,6-7H2. The Morgan fingerprint density at radius 1 is 1.27 bits per heavy atom. The van der Waals surface area contributed by atoms with Gasteiger partial charge in [0.25, 0.3) is 0 Å². The van der Waals surface area contributed by atoms with Gasteiger partial charge >= 0.3 is 0 Å². The van der Waals surface area contributed by atoms with Crippen molar-refractivity contribution in [3.05, 3.63) is 36.7 Å². The second-order valence-corrected chi connectivity index (χ2v) is 3.94. The Morgan fingerprint density at radius 2 is 2.07 bits per heavy atom. The van der Waals surface area contributed by atoms with Crippen molar-refractivity contribution in [1.82, 2.24) is 14.8 Å². The van der Waals surface area contributed by atoms with E-state index in [1.165, 1.54) is 11.8 Å². The van der Waals surface area contributed by atoms with Crippen LogP contribution in [0.3, 0.4) is 0 Å². The van der Waals surface area contributed by atoms with Crippen LogP contribution < -0.4 is 0 Å². The van der Waals surface area contributed by atoms with Gasteiger partial charge in [-0.25, -0.2) is 9.67 Å². The molecule has 0 spiro atoms. The topological polar surface area (TPSA) is 50.9 Å². The highest BCUT2D eigenvalue weighted by molar-refractivity contribution is 7.99. The molecule has 1 heterocycles. The number of nitrogens with zero attached hydrogens (tertiary/aromatic N) is 3. The van der Waals surface area contributed by atoms with Crippen molar-refractivity contribution < 1.29 is 5.11 Å². The summed E-state index contributed by atoms with van der Waals surface area (Å²) in [6, 6.07) is 9.81. The average molecular weight is 221 g/mol. The smallest absolute Gasteiger partial charge is 0.208 e. The van der Waals surface area contributed by atoms with Crippen molar-refractivity contribution in [2.75, 3.05) is 12.4 Å². The van der Waals surface area contributed by atoms with Crippen LogP contribution in [0.4, 0.5) is 0 Å². The normalized spacial score (nSPS) is 10.5. The summed E-state index contributed by atoms with van der Waals surface area (Å²) in [6.07, 6.45) is 1.68. The van der Waals surface area contributed by atoms with Gasteiger partial charge in [-0.05, 0) is 12.1 Å². The monoisotopic (exact) mass is 221 g/mol. The van der Waals surface area contributed by atoms with Gasteiger partial charge in [-0.3, -0.25) is 0 Å². The van der Waals surface area contributed by atoms with Gasteiger partial charge in [0.15, 0.2) is 0 Å². The largest absolute Gasteiger partial charge is 0.396 e. The molecule has 0 atom stereocenters. The van der Waals surface area contributed by atoms with Gasteiger partial charge in [0.2, 0.25) is 5.16 Å². The summed E-state index contributed by atoms with van der Waals surface area (Å²) in [5.74, 6) is 0.624. The molecule has 0 radical (unpaired) electrons. The number of hydrogen-bond acceptors (Lipinski definition) is 4. The maximum atomic E-state index is 8.67. The molecule has 0 amide bonds. The molecular formula is C10H11N3OS. The van der Waals surface area contributed by atoms with E-state index in [-0.39, 0.29) is 6.61 Å². The molecule has 78 valence electrons. The molecule has 0 aliphatic rings. The second-order valence-electron chi connectivity index (χ2n) is 2.88. The van der Waals surface area contributed by atoms with Gasteiger partial charge in [-0.15, -0.1) is 5.10 Å². The summed E-state index contributed by atoms with van der Waals surface area (Å²) in [5, 5.41) is 13.6. The molecule has 2 aromatic rings. The second kappa shape index (κ2) is 4.95. The Hall–Kier alpha value is -1.33. The number of thioether (sulfide) groups is 1. The summed E-state index contributed by atoms with van der Waals surface area (Å²) < 4.78 is 1.72. The van der Waals surface area contributed by atoms with Crippen LogP contribution in [-0.4, -0.2) is 32.2 Å². The predicted molar refractivity (Wildman–Crippen MR) is 59.2 cm³/mol. The van der Waals surface area contributed by atoms with Gasteiger partial charge in [-0.2, -0.15) is 0 Å². The lowest BCUT2D eigenvalue weighted by Gasteiger charge is -1.97. The molecule has 15 heavy (non-hydrogen) atoms. The highest BCUT2D eigenvalue weighted by atomic mass is 32.2. The molecule has 0 aliphatic carbocycles. The molecule has 2 rings (SSSR count). The zero-order valence-electron chi connectivity index (χ0n) is 8.08. The summed E-state index contributed by atoms with van der Waals surface area (Å²) in [7, 11) is 0. The fourth-order valence-electron chi connectivity index (χ4n) is 1.16. The van der Waals surface area contributed by atoms with E-state index in [0.29, 0.717) is 10.9 Å². The van der Waals surface area contributed by atoms with Gasteiger partial charge in [0.05, 0.1) is 12.3 Å². The van der Waals surface area contributed by atoms with E-state index >= 15 is 0 Å².